The summed E-state index contributed by atoms with van der Waals surface area (Å²) in [7, 11) is 2.05. The first kappa shape index (κ1) is 26.4. The van der Waals surface area contributed by atoms with E-state index in [0.717, 1.165) is 31.5 Å². The number of amides is 1. The summed E-state index contributed by atoms with van der Waals surface area (Å²) in [5, 5.41) is 3.85. The van der Waals surface area contributed by atoms with E-state index in [9.17, 15) is 9.59 Å². The Balaban J connectivity index is 1.43. The minimum atomic E-state index is -1.53. The van der Waals surface area contributed by atoms with E-state index in [1.54, 1.807) is 42.7 Å². The first-order valence-electron chi connectivity index (χ1n) is 13.3. The number of nitrogens with one attached hydrogen (secondary N) is 1. The van der Waals surface area contributed by atoms with Gasteiger partial charge in [0.2, 0.25) is 0 Å². The molecule has 6 rings (SSSR count). The van der Waals surface area contributed by atoms with Crippen molar-refractivity contribution in [3.05, 3.63) is 82.0 Å². The fraction of sp³-hybridized carbons (Fsp3) is 0.300. The van der Waals surface area contributed by atoms with Crippen molar-refractivity contribution in [1.29, 1.82) is 0 Å². The molecule has 4 aromatic rings. The number of ketones is 1. The van der Waals surface area contributed by atoms with Crippen LogP contribution in [0.5, 0.6) is 11.5 Å². The molecule has 0 radical (unpaired) electrons. The van der Waals surface area contributed by atoms with Crippen molar-refractivity contribution in [1.82, 2.24) is 15.2 Å². The van der Waals surface area contributed by atoms with Crippen molar-refractivity contribution in [2.75, 3.05) is 25.9 Å². The molecule has 0 bridgehead atoms. The number of anilines is 1. The number of Topliss-reactive ketones (excluding diaryl/α,β-unsaturated/α-hetero) is 1. The summed E-state index contributed by atoms with van der Waals surface area (Å²) in [6, 6.07) is 11.5. The van der Waals surface area contributed by atoms with Gasteiger partial charge in [0.15, 0.2) is 5.78 Å². The predicted molar refractivity (Wildman–Crippen MR) is 157 cm³/mol. The maximum atomic E-state index is 14.1. The highest BCUT2D eigenvalue weighted by molar-refractivity contribution is 7.21. The molecule has 9 nitrogen and oxygen atoms in total. The zero-order chi connectivity index (χ0) is 28.2. The van der Waals surface area contributed by atoms with Crippen LogP contribution in [0.3, 0.4) is 0 Å². The number of likely N-dealkylation sites (N-methyl/N-ethyl adjacent to an activating group) is 1. The average molecular weight is 557 g/mol. The van der Waals surface area contributed by atoms with E-state index in [1.165, 1.54) is 11.3 Å². The number of benzene rings is 2. The molecule has 2 aromatic carbocycles. The highest BCUT2D eigenvalue weighted by atomic mass is 32.1. The van der Waals surface area contributed by atoms with Crippen LogP contribution in [0.25, 0.3) is 10.1 Å². The van der Waals surface area contributed by atoms with Crippen molar-refractivity contribution in [3.8, 4) is 11.5 Å². The average Bonchev–Trinajstić information content (AvgIpc) is 3.34. The van der Waals surface area contributed by atoms with Gasteiger partial charge in [-0.3, -0.25) is 14.6 Å². The highest BCUT2D eigenvalue weighted by Crippen LogP contribution is 2.50. The molecule has 10 heteroatoms. The molecular formula is C30H32N6O3S. The van der Waals surface area contributed by atoms with E-state index in [0.29, 0.717) is 48.8 Å². The summed E-state index contributed by atoms with van der Waals surface area (Å²) in [6.45, 7) is 3.67. The number of ether oxygens (including phenoxy) is 1. The van der Waals surface area contributed by atoms with Gasteiger partial charge in [-0.1, -0.05) is 12.1 Å². The molecule has 0 spiro atoms. The molecule has 1 aliphatic carbocycles. The molecule has 1 saturated heterocycles. The molecule has 206 valence electrons. The van der Waals surface area contributed by atoms with Gasteiger partial charge >= 0.3 is 0 Å². The summed E-state index contributed by atoms with van der Waals surface area (Å²) >= 11 is 1.27. The van der Waals surface area contributed by atoms with Crippen LogP contribution in [0.4, 0.5) is 5.69 Å². The molecular weight excluding hydrogens is 524 g/mol. The smallest absolute Gasteiger partial charge is 0.262 e. The lowest BCUT2D eigenvalue weighted by molar-refractivity contribution is -0.124. The van der Waals surface area contributed by atoms with Crippen molar-refractivity contribution in [3.63, 3.8) is 0 Å². The van der Waals surface area contributed by atoms with Crippen molar-refractivity contribution in [2.24, 2.45) is 11.5 Å². The Morgan fingerprint density at radius 1 is 1.20 bits per heavy atom. The van der Waals surface area contributed by atoms with Crippen LogP contribution in [0.2, 0.25) is 0 Å². The molecule has 3 atom stereocenters. The minimum Gasteiger partial charge on any atom is -0.456 e. The monoisotopic (exact) mass is 556 g/mol. The van der Waals surface area contributed by atoms with Gasteiger partial charge in [0.05, 0.1) is 21.8 Å². The van der Waals surface area contributed by atoms with Crippen molar-refractivity contribution < 1.29 is 14.3 Å². The molecule has 3 heterocycles. The predicted octanol–water partition coefficient (Wildman–Crippen LogP) is 3.59. The third kappa shape index (κ3) is 4.24. The third-order valence-electron chi connectivity index (χ3n) is 7.97. The van der Waals surface area contributed by atoms with Gasteiger partial charge in [0.1, 0.15) is 17.0 Å². The minimum absolute atomic E-state index is 0.0274. The van der Waals surface area contributed by atoms with Crippen LogP contribution in [-0.2, 0) is 10.3 Å². The number of aromatic nitrogens is 1. The number of hydrogen-bond acceptors (Lipinski definition) is 9. The van der Waals surface area contributed by atoms with Crippen LogP contribution in [-0.4, -0.2) is 47.8 Å². The van der Waals surface area contributed by atoms with Gasteiger partial charge in [-0.15, -0.1) is 11.3 Å². The molecule has 7 N–H and O–H groups in total. The van der Waals surface area contributed by atoms with Gasteiger partial charge in [-0.25, -0.2) is 0 Å². The van der Waals surface area contributed by atoms with Gasteiger partial charge in [-0.05, 0) is 80.4 Å². The number of hydrogen-bond donors (Lipinski definition) is 4. The number of nitrogens with zero attached hydrogens (tertiary/aromatic N) is 2. The maximum Gasteiger partial charge on any atom is 0.262 e. The quantitative estimate of drug-likeness (QED) is 0.273. The second-order valence-electron chi connectivity index (χ2n) is 10.7. The lowest BCUT2D eigenvalue weighted by Crippen LogP contribution is -2.53. The van der Waals surface area contributed by atoms with Crippen LogP contribution in [0.15, 0.2) is 54.9 Å². The maximum absolute atomic E-state index is 14.1. The number of nitrogen functional groups attached to an aromatic ring is 1. The lowest BCUT2D eigenvalue weighted by atomic mass is 9.69. The number of aryl methyl sites for hydroxylation is 1. The number of thiophene rings is 1. The van der Waals surface area contributed by atoms with E-state index >= 15 is 0 Å². The number of nitrogens with two attached hydrogens (primary N) is 3. The Kier molecular flexibility index (Phi) is 6.58. The molecule has 3 unspecified atom stereocenters. The van der Waals surface area contributed by atoms with Crippen LogP contribution in [0.1, 0.15) is 50.8 Å². The molecule has 0 saturated carbocycles. The topological polar surface area (TPSA) is 150 Å². The van der Waals surface area contributed by atoms with Gasteiger partial charge in [0.25, 0.3) is 5.91 Å². The van der Waals surface area contributed by atoms with Crippen molar-refractivity contribution in [2.45, 2.75) is 37.4 Å². The van der Waals surface area contributed by atoms with Crippen molar-refractivity contribution >= 4 is 38.8 Å². The summed E-state index contributed by atoms with van der Waals surface area (Å²) < 4.78 is 6.65. The van der Waals surface area contributed by atoms with Crippen LogP contribution in [0, 0.1) is 6.92 Å². The zero-order valence-electron chi connectivity index (χ0n) is 22.4. The fourth-order valence-electron chi connectivity index (χ4n) is 6.05. The normalized spacial score (nSPS) is 22.9. The molecule has 1 aliphatic heterocycles. The van der Waals surface area contributed by atoms with E-state index < -0.39 is 11.6 Å². The number of likely N-dealkylation sites (tertiary alicyclic amines) is 1. The first-order valence-corrected chi connectivity index (χ1v) is 14.1. The SMILES string of the molecule is Cc1cc(Oc2cccnc2)ccc1C1(N)C(=O)C(N)c2c(C(=O)NC3CCCN(C)C3)sc3c(N)ccc1c23. The largest absolute Gasteiger partial charge is 0.456 e. The Morgan fingerprint density at radius 3 is 2.73 bits per heavy atom. The van der Waals surface area contributed by atoms with E-state index in [4.69, 9.17) is 21.9 Å². The van der Waals surface area contributed by atoms with E-state index in [-0.39, 0.29) is 17.7 Å². The summed E-state index contributed by atoms with van der Waals surface area (Å²) in [6.07, 6.45) is 5.21. The molecule has 2 aromatic heterocycles. The number of rotatable bonds is 5. The van der Waals surface area contributed by atoms with E-state index in [1.807, 2.05) is 26.1 Å². The fourth-order valence-corrected chi connectivity index (χ4v) is 7.25. The Bertz CT molecular complexity index is 1640. The summed E-state index contributed by atoms with van der Waals surface area (Å²) in [4.78, 5) is 34.4. The Labute approximate surface area is 236 Å². The standard InChI is InChI=1S/C30H32N6O3S/c1-16-13-18(39-19-6-3-11-34-14-19)7-8-20(16)30(33)21-9-10-22(31)26-23(21)24(25(32)28(30)37)27(40-26)29(38)35-17-5-4-12-36(2)15-17/h3,6-11,13-14,17,25H,4-5,12,15,31-33H2,1-2H3,(H,35,38). The second kappa shape index (κ2) is 9.97. The number of pyridine rings is 1. The third-order valence-corrected chi connectivity index (χ3v) is 9.23. The summed E-state index contributed by atoms with van der Waals surface area (Å²) in [5.41, 5.74) is 21.6. The number of piperidine rings is 1. The molecule has 1 amide bonds. The molecule has 2 aliphatic rings. The Hall–Kier alpha value is -3.83. The molecule has 40 heavy (non-hydrogen) atoms. The number of carbonyl (C=O) groups is 2. The zero-order valence-corrected chi connectivity index (χ0v) is 23.3. The Morgan fingerprint density at radius 2 is 2.00 bits per heavy atom. The first-order chi connectivity index (χ1) is 19.2. The molecule has 1 fully saturated rings. The van der Waals surface area contributed by atoms with Crippen LogP contribution >= 0.6 is 11.3 Å². The van der Waals surface area contributed by atoms with E-state index in [2.05, 4.69) is 15.2 Å². The number of carbonyl (C=O) groups excluding carboxylic acids is 2. The van der Waals surface area contributed by atoms with Crippen LogP contribution < -0.4 is 27.3 Å². The summed E-state index contributed by atoms with van der Waals surface area (Å²) in [5.74, 6) is 0.584. The lowest BCUT2D eigenvalue weighted by Gasteiger charge is -2.37. The van der Waals surface area contributed by atoms with Gasteiger partial charge < -0.3 is 32.2 Å². The highest BCUT2D eigenvalue weighted by Gasteiger charge is 2.49. The van der Waals surface area contributed by atoms with Gasteiger partial charge in [0, 0.05) is 35.4 Å². The van der Waals surface area contributed by atoms with Gasteiger partial charge in [-0.2, -0.15) is 0 Å². The second-order valence-corrected chi connectivity index (χ2v) is 11.8.